The zero-order valence-corrected chi connectivity index (χ0v) is 28.8. The van der Waals surface area contributed by atoms with Crippen LogP contribution in [0.25, 0.3) is 16.8 Å². The van der Waals surface area contributed by atoms with Crippen LogP contribution in [0.2, 0.25) is 0 Å². The molecule has 11 heteroatoms. The Morgan fingerprint density at radius 2 is 1.80 bits per heavy atom. The van der Waals surface area contributed by atoms with Crippen LogP contribution in [-0.2, 0) is 22.4 Å². The van der Waals surface area contributed by atoms with Crippen LogP contribution in [0.3, 0.4) is 0 Å². The van der Waals surface area contributed by atoms with E-state index in [2.05, 4.69) is 46.8 Å². The SMILES string of the molecule is CCCc1c(Cc2ccc(-c3ccccc3C3=NC(O)ON3)cc2)c(=O)n(C2CCC(OCC(C)O)CC2)c2ccnn12.[K+]. The third-order valence-electron chi connectivity index (χ3n) is 8.35. The van der Waals surface area contributed by atoms with E-state index in [1.54, 1.807) is 13.1 Å². The predicted molar refractivity (Wildman–Crippen MR) is 164 cm³/mol. The van der Waals surface area contributed by atoms with Crippen molar-refractivity contribution in [1.29, 1.82) is 0 Å². The first-order chi connectivity index (χ1) is 20.9. The van der Waals surface area contributed by atoms with Gasteiger partial charge in [0.25, 0.3) is 12.0 Å². The Labute approximate surface area is 299 Å². The maximum atomic E-state index is 14.3. The molecule has 1 aliphatic heterocycles. The Morgan fingerprint density at radius 3 is 2.45 bits per heavy atom. The molecule has 3 heterocycles. The van der Waals surface area contributed by atoms with Gasteiger partial charge >= 0.3 is 51.4 Å². The van der Waals surface area contributed by atoms with Gasteiger partial charge < -0.3 is 14.9 Å². The predicted octanol–water partition coefficient (Wildman–Crippen LogP) is 1.15. The second-order valence-corrected chi connectivity index (χ2v) is 11.5. The summed E-state index contributed by atoms with van der Waals surface area (Å²) < 4.78 is 9.81. The molecule has 10 nitrogen and oxygen atoms in total. The fourth-order valence-corrected chi connectivity index (χ4v) is 6.30. The Bertz CT molecular complexity index is 1660. The van der Waals surface area contributed by atoms with Gasteiger partial charge in [-0.1, -0.05) is 61.9 Å². The van der Waals surface area contributed by atoms with Crippen molar-refractivity contribution in [2.45, 2.75) is 83.5 Å². The number of ether oxygens (including phenoxy) is 1. The maximum absolute atomic E-state index is 14.3. The standard InChI is InChI=1S/C33H39N5O5.K/c1-3-6-29-28(19-22-9-11-23(12-10-22)26-7-4-5-8-27(26)31-35-33(41)43-36-31)32(40)37(30-17-18-34-38(29)30)24-13-15-25(16-14-24)42-20-21(2)39;/h4-5,7-12,17-18,21,24-25,33,39,41H,3,6,13-16,19-20H2,1-2H3,(H,35,36);/q;+1. The number of benzene rings is 2. The van der Waals surface area contributed by atoms with Gasteiger partial charge in [-0.15, -0.1) is 0 Å². The normalized spacial score (nSPS) is 20.6. The van der Waals surface area contributed by atoms with Gasteiger partial charge in [-0.25, -0.2) is 19.8 Å². The molecule has 2 aromatic heterocycles. The molecule has 1 saturated carbocycles. The second-order valence-electron chi connectivity index (χ2n) is 11.5. The number of amidine groups is 1. The van der Waals surface area contributed by atoms with Crippen LogP contribution in [-0.4, -0.2) is 55.5 Å². The average Bonchev–Trinajstić information content (AvgIpc) is 3.68. The van der Waals surface area contributed by atoms with Crippen molar-refractivity contribution >= 4 is 11.5 Å². The Hall–Kier alpha value is -2.19. The number of aliphatic hydroxyl groups is 2. The first-order valence-electron chi connectivity index (χ1n) is 15.2. The molecule has 44 heavy (non-hydrogen) atoms. The topological polar surface area (TPSA) is 123 Å². The van der Waals surface area contributed by atoms with Gasteiger partial charge in [0.05, 0.1) is 30.7 Å². The number of hydrogen-bond acceptors (Lipinski definition) is 8. The van der Waals surface area contributed by atoms with E-state index in [4.69, 9.17) is 9.57 Å². The summed E-state index contributed by atoms with van der Waals surface area (Å²) in [6, 6.07) is 18.1. The van der Waals surface area contributed by atoms with Crippen LogP contribution >= 0.6 is 0 Å². The zero-order chi connectivity index (χ0) is 29.9. The van der Waals surface area contributed by atoms with Crippen LogP contribution in [0.1, 0.15) is 74.4 Å². The Balaban J connectivity index is 0.00000384. The van der Waals surface area contributed by atoms with Crippen molar-refractivity contribution in [3.05, 3.63) is 93.5 Å². The quantitative estimate of drug-likeness (QED) is 0.226. The third-order valence-corrected chi connectivity index (χ3v) is 8.35. The summed E-state index contributed by atoms with van der Waals surface area (Å²) in [6.07, 6.45) is 5.75. The minimum Gasteiger partial charge on any atom is -0.391 e. The van der Waals surface area contributed by atoms with Crippen LogP contribution in [0.15, 0.2) is 70.6 Å². The molecule has 2 unspecified atom stereocenters. The molecule has 1 fully saturated rings. The van der Waals surface area contributed by atoms with Crippen molar-refractivity contribution < 1.29 is 71.2 Å². The van der Waals surface area contributed by atoms with Crippen molar-refractivity contribution in [3.63, 3.8) is 0 Å². The van der Waals surface area contributed by atoms with Crippen LogP contribution in [0, 0.1) is 0 Å². The minimum atomic E-state index is -1.22. The Kier molecular flexibility index (Phi) is 11.3. The van der Waals surface area contributed by atoms with Crippen molar-refractivity contribution in [2.75, 3.05) is 6.61 Å². The van der Waals surface area contributed by atoms with Gasteiger partial charge in [0.2, 0.25) is 0 Å². The summed E-state index contributed by atoms with van der Waals surface area (Å²) in [6.45, 7) is 4.20. The molecule has 6 rings (SSSR count). The van der Waals surface area contributed by atoms with Crippen LogP contribution in [0.5, 0.6) is 0 Å². The first-order valence-corrected chi connectivity index (χ1v) is 15.2. The molecule has 3 N–H and O–H groups in total. The number of fused-ring (bicyclic) bond motifs is 1. The van der Waals surface area contributed by atoms with E-state index in [1.807, 2.05) is 39.4 Å². The van der Waals surface area contributed by atoms with Gasteiger partial charge in [-0.05, 0) is 55.7 Å². The van der Waals surface area contributed by atoms with Gasteiger partial charge in [-0.2, -0.15) is 5.10 Å². The molecular weight excluding hydrogens is 585 g/mol. The summed E-state index contributed by atoms with van der Waals surface area (Å²) >= 11 is 0. The largest absolute Gasteiger partial charge is 1.00 e. The van der Waals surface area contributed by atoms with Gasteiger partial charge in [0.15, 0.2) is 5.84 Å². The summed E-state index contributed by atoms with van der Waals surface area (Å²) in [5, 5.41) is 23.9. The Morgan fingerprint density at radius 1 is 1.07 bits per heavy atom. The van der Waals surface area contributed by atoms with E-state index in [0.29, 0.717) is 18.9 Å². The molecule has 1 aliphatic carbocycles. The smallest absolute Gasteiger partial charge is 0.391 e. The van der Waals surface area contributed by atoms with E-state index < -0.39 is 12.5 Å². The minimum absolute atomic E-state index is 0. The molecule has 226 valence electrons. The molecule has 0 radical (unpaired) electrons. The number of hydroxylamine groups is 1. The number of nitrogens with one attached hydrogen (secondary N) is 1. The number of hydrogen-bond donors (Lipinski definition) is 3. The van der Waals surface area contributed by atoms with Crippen LogP contribution in [0.4, 0.5) is 0 Å². The molecule has 0 spiro atoms. The average molecular weight is 625 g/mol. The molecular formula is C33H39KN5O5+. The molecule has 0 bridgehead atoms. The van der Waals surface area contributed by atoms with Gasteiger partial charge in [0.1, 0.15) is 5.65 Å². The van der Waals surface area contributed by atoms with Crippen molar-refractivity contribution in [1.82, 2.24) is 19.7 Å². The zero-order valence-electron chi connectivity index (χ0n) is 25.6. The molecule has 2 aromatic carbocycles. The van der Waals surface area contributed by atoms with Crippen molar-refractivity contribution in [2.24, 2.45) is 4.99 Å². The summed E-state index contributed by atoms with van der Waals surface area (Å²) in [5.74, 6) is 0.480. The molecule has 4 aromatic rings. The maximum Gasteiger partial charge on any atom is 1.00 e. The second kappa shape index (κ2) is 14.9. The third kappa shape index (κ3) is 7.11. The van der Waals surface area contributed by atoms with E-state index in [0.717, 1.165) is 77.7 Å². The summed E-state index contributed by atoms with van der Waals surface area (Å²) in [7, 11) is 0. The molecule has 2 atom stereocenters. The molecule has 0 amide bonds. The number of aliphatic hydroxyl groups excluding tert-OH is 2. The van der Waals surface area contributed by atoms with Gasteiger partial charge in [-0.3, -0.25) is 9.36 Å². The fraction of sp³-hybridized carbons (Fsp3) is 0.424. The number of rotatable bonds is 10. The number of aryl methyl sites for hydroxylation is 1. The van der Waals surface area contributed by atoms with Gasteiger partial charge in [0, 0.05) is 29.7 Å². The van der Waals surface area contributed by atoms with Crippen LogP contribution < -0.4 is 62.4 Å². The monoisotopic (exact) mass is 624 g/mol. The van der Waals surface area contributed by atoms with E-state index >= 15 is 0 Å². The molecule has 0 saturated heterocycles. The summed E-state index contributed by atoms with van der Waals surface area (Å²) in [4.78, 5) is 23.4. The molecule has 2 aliphatic rings. The number of aromatic nitrogens is 3. The first kappa shape index (κ1) is 33.2. The fourth-order valence-electron chi connectivity index (χ4n) is 6.30. The van der Waals surface area contributed by atoms with E-state index in [-0.39, 0.29) is 69.1 Å². The van der Waals surface area contributed by atoms with E-state index in [9.17, 15) is 15.0 Å². The van der Waals surface area contributed by atoms with Crippen molar-refractivity contribution in [3.8, 4) is 11.1 Å². The number of aliphatic imine (C=N–C) groups is 1. The van der Waals surface area contributed by atoms with E-state index in [1.165, 1.54) is 0 Å². The number of nitrogens with zero attached hydrogens (tertiary/aromatic N) is 4. The summed E-state index contributed by atoms with van der Waals surface area (Å²) in [5.41, 5.74) is 9.17.